The first-order valence-corrected chi connectivity index (χ1v) is 8.43. The van der Waals surface area contributed by atoms with Crippen LogP contribution in [0.15, 0.2) is 18.2 Å². The van der Waals surface area contributed by atoms with Crippen LogP contribution in [0.1, 0.15) is 57.8 Å². The number of nitrogens with zero attached hydrogens (tertiary/aromatic N) is 2. The van der Waals surface area contributed by atoms with Crippen molar-refractivity contribution < 1.29 is 0 Å². The van der Waals surface area contributed by atoms with Gasteiger partial charge in [0, 0.05) is 25.2 Å². The van der Waals surface area contributed by atoms with Gasteiger partial charge in [0.15, 0.2) is 0 Å². The average molecular weight is 289 g/mol. The third kappa shape index (κ3) is 5.40. The zero-order chi connectivity index (χ0) is 15.2. The molecule has 2 unspecified atom stereocenters. The van der Waals surface area contributed by atoms with Crippen LogP contribution < -0.4 is 5.32 Å². The monoisotopic (exact) mass is 289 g/mol. The van der Waals surface area contributed by atoms with Crippen molar-refractivity contribution in [1.82, 2.24) is 15.2 Å². The van der Waals surface area contributed by atoms with Gasteiger partial charge in [-0.05, 0) is 37.9 Å². The van der Waals surface area contributed by atoms with E-state index in [0.717, 1.165) is 30.7 Å². The van der Waals surface area contributed by atoms with E-state index in [-0.39, 0.29) is 0 Å². The van der Waals surface area contributed by atoms with Crippen LogP contribution in [0.2, 0.25) is 0 Å². The number of hydrogen-bond acceptors (Lipinski definition) is 3. The van der Waals surface area contributed by atoms with Gasteiger partial charge in [0.1, 0.15) is 0 Å². The molecule has 0 aromatic carbocycles. The highest BCUT2D eigenvalue weighted by molar-refractivity contribution is 5.11. The van der Waals surface area contributed by atoms with Gasteiger partial charge < -0.3 is 5.32 Å². The molecule has 1 fully saturated rings. The summed E-state index contributed by atoms with van der Waals surface area (Å²) < 4.78 is 0. The fourth-order valence-corrected chi connectivity index (χ4v) is 3.21. The molecule has 3 heteroatoms. The van der Waals surface area contributed by atoms with Crippen LogP contribution in [-0.4, -0.2) is 29.0 Å². The molecule has 0 saturated heterocycles. The lowest BCUT2D eigenvalue weighted by Crippen LogP contribution is -2.35. The Labute approximate surface area is 130 Å². The molecule has 1 aliphatic carbocycles. The summed E-state index contributed by atoms with van der Waals surface area (Å²) in [5.74, 6) is 0.876. The Bertz CT molecular complexity index is 430. The molecule has 118 valence electrons. The fraction of sp³-hybridized carbons (Fsp3) is 0.722. The normalized spacial score (nSPS) is 23.0. The lowest BCUT2D eigenvalue weighted by molar-refractivity contribution is 0.156. The van der Waals surface area contributed by atoms with Gasteiger partial charge in [-0.3, -0.25) is 9.88 Å². The van der Waals surface area contributed by atoms with Crippen LogP contribution in [0, 0.1) is 5.92 Å². The molecule has 2 atom stereocenters. The summed E-state index contributed by atoms with van der Waals surface area (Å²) in [6, 6.07) is 7.63. The van der Waals surface area contributed by atoms with Gasteiger partial charge in [-0.1, -0.05) is 39.7 Å². The lowest BCUT2D eigenvalue weighted by atomic mass is 9.86. The Morgan fingerprint density at radius 3 is 2.76 bits per heavy atom. The predicted molar refractivity (Wildman–Crippen MR) is 89.1 cm³/mol. The van der Waals surface area contributed by atoms with Crippen molar-refractivity contribution in [3.05, 3.63) is 29.6 Å². The molecule has 21 heavy (non-hydrogen) atoms. The highest BCUT2D eigenvalue weighted by Gasteiger charge is 2.22. The molecule has 1 N–H and O–H groups in total. The number of aromatic nitrogens is 1. The summed E-state index contributed by atoms with van der Waals surface area (Å²) in [5.41, 5.74) is 2.34. The minimum atomic E-state index is 0.502. The van der Waals surface area contributed by atoms with E-state index in [1.54, 1.807) is 0 Å². The second kappa shape index (κ2) is 7.90. The number of hydrogen-bond donors (Lipinski definition) is 1. The topological polar surface area (TPSA) is 28.2 Å². The van der Waals surface area contributed by atoms with Crippen LogP contribution in [-0.2, 0) is 13.1 Å². The largest absolute Gasteiger partial charge is 0.309 e. The van der Waals surface area contributed by atoms with Crippen molar-refractivity contribution in [1.29, 1.82) is 0 Å². The van der Waals surface area contributed by atoms with Crippen LogP contribution in [0.25, 0.3) is 0 Å². The van der Waals surface area contributed by atoms with E-state index in [0.29, 0.717) is 6.04 Å². The van der Waals surface area contributed by atoms with Crippen molar-refractivity contribution in [3.8, 4) is 0 Å². The molecule has 0 aliphatic heterocycles. The van der Waals surface area contributed by atoms with E-state index in [2.05, 4.69) is 56.2 Å². The smallest absolute Gasteiger partial charge is 0.0547 e. The fourth-order valence-electron chi connectivity index (χ4n) is 3.21. The molecule has 0 amide bonds. The number of nitrogens with one attached hydrogen (secondary N) is 1. The van der Waals surface area contributed by atoms with Gasteiger partial charge in [0.2, 0.25) is 0 Å². The van der Waals surface area contributed by atoms with Crippen molar-refractivity contribution in [2.24, 2.45) is 5.92 Å². The lowest BCUT2D eigenvalue weighted by Gasteiger charge is -2.34. The third-order valence-electron chi connectivity index (χ3n) is 4.50. The second-order valence-electron chi connectivity index (χ2n) is 7.00. The molecule has 1 aliphatic rings. The zero-order valence-electron chi connectivity index (χ0n) is 14.1. The molecule has 1 heterocycles. The minimum Gasteiger partial charge on any atom is -0.309 e. The van der Waals surface area contributed by atoms with Gasteiger partial charge in [-0.2, -0.15) is 0 Å². The Morgan fingerprint density at radius 2 is 2.05 bits per heavy atom. The highest BCUT2D eigenvalue weighted by atomic mass is 15.1. The Balaban J connectivity index is 1.90. The molecule has 2 rings (SSSR count). The average Bonchev–Trinajstić information content (AvgIpc) is 2.45. The molecule has 1 aromatic heterocycles. The van der Waals surface area contributed by atoms with Crippen LogP contribution >= 0.6 is 0 Å². The number of pyridine rings is 1. The maximum Gasteiger partial charge on any atom is 0.0547 e. The molecular formula is C18H31N3. The molecule has 0 radical (unpaired) electrons. The van der Waals surface area contributed by atoms with Gasteiger partial charge in [0.25, 0.3) is 0 Å². The van der Waals surface area contributed by atoms with E-state index in [1.165, 1.54) is 31.4 Å². The standard InChI is InChI=1S/C18H31N3/c1-14(2)19-12-16-8-6-9-17(20-16)13-21(4)18-10-5-7-15(3)11-18/h6,8-9,14-15,18-19H,5,7,10-13H2,1-4H3. The van der Waals surface area contributed by atoms with Gasteiger partial charge in [0.05, 0.1) is 11.4 Å². The second-order valence-corrected chi connectivity index (χ2v) is 7.00. The summed E-state index contributed by atoms with van der Waals surface area (Å²) >= 11 is 0. The van der Waals surface area contributed by atoms with Gasteiger partial charge in [-0.15, -0.1) is 0 Å². The van der Waals surface area contributed by atoms with Crippen molar-refractivity contribution in [2.45, 2.75) is 71.6 Å². The van der Waals surface area contributed by atoms with E-state index in [1.807, 2.05) is 0 Å². The zero-order valence-corrected chi connectivity index (χ0v) is 14.1. The van der Waals surface area contributed by atoms with Crippen molar-refractivity contribution in [3.63, 3.8) is 0 Å². The van der Waals surface area contributed by atoms with E-state index < -0.39 is 0 Å². The maximum atomic E-state index is 4.79. The summed E-state index contributed by atoms with van der Waals surface area (Å²) in [5, 5.41) is 3.44. The van der Waals surface area contributed by atoms with Crippen LogP contribution in [0.4, 0.5) is 0 Å². The maximum absolute atomic E-state index is 4.79. The minimum absolute atomic E-state index is 0.502. The summed E-state index contributed by atoms with van der Waals surface area (Å²) in [6.45, 7) is 8.54. The Kier molecular flexibility index (Phi) is 6.19. The predicted octanol–water partition coefficient (Wildman–Crippen LogP) is 3.59. The molecule has 1 saturated carbocycles. The molecule has 1 aromatic rings. The van der Waals surface area contributed by atoms with E-state index >= 15 is 0 Å². The summed E-state index contributed by atoms with van der Waals surface area (Å²) in [7, 11) is 2.25. The van der Waals surface area contributed by atoms with Crippen LogP contribution in [0.3, 0.4) is 0 Å². The Hall–Kier alpha value is -0.930. The molecule has 0 spiro atoms. The number of rotatable bonds is 6. The SMILES string of the molecule is CC1CCCC(N(C)Cc2cccc(CNC(C)C)n2)C1. The van der Waals surface area contributed by atoms with E-state index in [9.17, 15) is 0 Å². The van der Waals surface area contributed by atoms with Gasteiger partial charge >= 0.3 is 0 Å². The van der Waals surface area contributed by atoms with E-state index in [4.69, 9.17) is 4.98 Å². The van der Waals surface area contributed by atoms with Crippen molar-refractivity contribution in [2.75, 3.05) is 7.05 Å². The first-order valence-electron chi connectivity index (χ1n) is 8.43. The summed E-state index contributed by atoms with van der Waals surface area (Å²) in [4.78, 5) is 7.29. The first-order chi connectivity index (χ1) is 10.0. The first kappa shape index (κ1) is 16.4. The molecule has 3 nitrogen and oxygen atoms in total. The quantitative estimate of drug-likeness (QED) is 0.867. The van der Waals surface area contributed by atoms with Gasteiger partial charge in [-0.25, -0.2) is 0 Å². The molecule has 0 bridgehead atoms. The van der Waals surface area contributed by atoms with Crippen LogP contribution in [0.5, 0.6) is 0 Å². The van der Waals surface area contributed by atoms with Crippen molar-refractivity contribution >= 4 is 0 Å². The summed E-state index contributed by atoms with van der Waals surface area (Å²) in [6.07, 6.45) is 5.46. The highest BCUT2D eigenvalue weighted by Crippen LogP contribution is 2.27. The third-order valence-corrected chi connectivity index (χ3v) is 4.50. The Morgan fingerprint density at radius 1 is 1.29 bits per heavy atom. The molecular weight excluding hydrogens is 258 g/mol.